The highest BCUT2D eigenvalue weighted by Gasteiger charge is 2.13. The lowest BCUT2D eigenvalue weighted by Gasteiger charge is -2.06. The first-order valence-electron chi connectivity index (χ1n) is 6.27. The number of aromatic nitrogens is 2. The average Bonchev–Trinajstić information content (AvgIpc) is 2.66. The van der Waals surface area contributed by atoms with Crippen LogP contribution in [0.2, 0.25) is 0 Å². The highest BCUT2D eigenvalue weighted by atomic mass is 15.4. The maximum Gasteiger partial charge on any atom is 0.150 e. The van der Waals surface area contributed by atoms with Crippen LogP contribution in [-0.4, -0.2) is 9.66 Å². The monoisotopic (exact) mass is 244 g/mol. The van der Waals surface area contributed by atoms with Gasteiger partial charge in [0.2, 0.25) is 0 Å². The minimum atomic E-state index is 0.518. The Balaban J connectivity index is 2.42. The maximum atomic E-state index is 5.98. The first-order valence-corrected chi connectivity index (χ1v) is 6.27. The van der Waals surface area contributed by atoms with E-state index >= 15 is 0 Å². The van der Waals surface area contributed by atoms with Crippen molar-refractivity contribution in [2.45, 2.75) is 33.1 Å². The van der Waals surface area contributed by atoms with Gasteiger partial charge in [-0.2, -0.15) is 0 Å². The van der Waals surface area contributed by atoms with Crippen LogP contribution in [0.25, 0.3) is 11.3 Å². The van der Waals surface area contributed by atoms with Crippen LogP contribution in [0.5, 0.6) is 0 Å². The number of aryl methyl sites for hydroxylation is 1. The number of hydrogen-bond acceptors (Lipinski definition) is 3. The molecule has 0 aliphatic rings. The molecule has 1 aromatic heterocycles. The van der Waals surface area contributed by atoms with Crippen molar-refractivity contribution in [2.24, 2.45) is 0 Å². The third-order valence-corrected chi connectivity index (χ3v) is 3.19. The molecule has 0 radical (unpaired) electrons. The zero-order valence-electron chi connectivity index (χ0n) is 11.1. The molecule has 1 heterocycles. The molecule has 0 aliphatic heterocycles. The van der Waals surface area contributed by atoms with Crippen molar-refractivity contribution >= 4 is 5.82 Å². The standard InChI is InChI=1S/C14H20N4/c1-4-12-17-13(14(15)18(12)16)11-7-5-10(6-8-11)9(2)3/h5-9H,4,15-16H2,1-3H3. The van der Waals surface area contributed by atoms with Crippen molar-refractivity contribution in [1.29, 1.82) is 0 Å². The van der Waals surface area contributed by atoms with Crippen LogP contribution < -0.4 is 11.6 Å². The van der Waals surface area contributed by atoms with Gasteiger partial charge < -0.3 is 11.6 Å². The Bertz CT molecular complexity index is 538. The molecule has 4 nitrogen and oxygen atoms in total. The van der Waals surface area contributed by atoms with Crippen molar-refractivity contribution in [3.8, 4) is 11.3 Å². The summed E-state index contributed by atoms with van der Waals surface area (Å²) >= 11 is 0. The zero-order valence-corrected chi connectivity index (χ0v) is 11.1. The van der Waals surface area contributed by atoms with Crippen molar-refractivity contribution in [3.05, 3.63) is 35.7 Å². The van der Waals surface area contributed by atoms with Crippen molar-refractivity contribution in [2.75, 3.05) is 11.6 Å². The molecule has 0 saturated carbocycles. The largest absolute Gasteiger partial charge is 0.382 e. The number of nitrogens with zero attached hydrogens (tertiary/aromatic N) is 2. The van der Waals surface area contributed by atoms with E-state index in [9.17, 15) is 0 Å². The SMILES string of the molecule is CCc1nc(-c2ccc(C(C)C)cc2)c(N)n1N. The summed E-state index contributed by atoms with van der Waals surface area (Å²) in [6.45, 7) is 6.36. The summed E-state index contributed by atoms with van der Waals surface area (Å²) < 4.78 is 1.46. The van der Waals surface area contributed by atoms with Crippen LogP contribution in [0, 0.1) is 0 Å². The quantitative estimate of drug-likeness (QED) is 0.815. The zero-order chi connectivity index (χ0) is 13.3. The van der Waals surface area contributed by atoms with Crippen molar-refractivity contribution in [1.82, 2.24) is 9.66 Å². The highest BCUT2D eigenvalue weighted by molar-refractivity contribution is 5.71. The number of imidazole rings is 1. The molecular formula is C14H20N4. The van der Waals surface area contributed by atoms with Gasteiger partial charge in [0.25, 0.3) is 0 Å². The van der Waals surface area contributed by atoms with E-state index in [1.807, 2.05) is 19.1 Å². The molecule has 0 unspecified atom stereocenters. The fraction of sp³-hybridized carbons (Fsp3) is 0.357. The number of nitrogens with two attached hydrogens (primary N) is 2. The molecule has 0 fully saturated rings. The molecule has 1 aromatic carbocycles. The van der Waals surface area contributed by atoms with Gasteiger partial charge in [0, 0.05) is 12.0 Å². The van der Waals surface area contributed by atoms with E-state index in [2.05, 4.69) is 31.0 Å². The number of rotatable bonds is 3. The van der Waals surface area contributed by atoms with Gasteiger partial charge in [0.05, 0.1) is 0 Å². The Morgan fingerprint density at radius 2 is 1.83 bits per heavy atom. The molecule has 0 amide bonds. The summed E-state index contributed by atoms with van der Waals surface area (Å²) in [6.07, 6.45) is 0.769. The molecule has 0 aliphatic carbocycles. The molecule has 0 saturated heterocycles. The lowest BCUT2D eigenvalue weighted by atomic mass is 10.0. The second kappa shape index (κ2) is 4.72. The fourth-order valence-corrected chi connectivity index (χ4v) is 1.98. The predicted octanol–water partition coefficient (Wildman–Crippen LogP) is 2.53. The Hall–Kier alpha value is -1.97. The van der Waals surface area contributed by atoms with Gasteiger partial charge in [-0.15, -0.1) is 0 Å². The number of hydrogen-bond donors (Lipinski definition) is 2. The van der Waals surface area contributed by atoms with Crippen LogP contribution in [0.1, 0.15) is 38.1 Å². The van der Waals surface area contributed by atoms with Gasteiger partial charge >= 0.3 is 0 Å². The second-order valence-corrected chi connectivity index (χ2v) is 4.76. The Morgan fingerprint density at radius 1 is 1.22 bits per heavy atom. The molecule has 4 heteroatoms. The van der Waals surface area contributed by atoms with E-state index in [1.54, 1.807) is 0 Å². The third kappa shape index (κ3) is 2.06. The van der Waals surface area contributed by atoms with E-state index in [0.717, 1.165) is 23.5 Å². The molecule has 0 bridgehead atoms. The highest BCUT2D eigenvalue weighted by Crippen LogP contribution is 2.26. The predicted molar refractivity (Wildman–Crippen MR) is 75.7 cm³/mol. The van der Waals surface area contributed by atoms with Crippen LogP contribution in [0.4, 0.5) is 5.82 Å². The summed E-state index contributed by atoms with van der Waals surface area (Å²) in [7, 11) is 0. The molecule has 4 N–H and O–H groups in total. The summed E-state index contributed by atoms with van der Waals surface area (Å²) in [5.41, 5.74) is 9.07. The molecule has 2 rings (SSSR count). The number of anilines is 1. The van der Waals surface area contributed by atoms with Gasteiger partial charge in [-0.1, -0.05) is 45.0 Å². The van der Waals surface area contributed by atoms with Gasteiger partial charge in [0.1, 0.15) is 11.5 Å². The number of nitrogen functional groups attached to an aromatic ring is 2. The first kappa shape index (κ1) is 12.5. The van der Waals surface area contributed by atoms with Crippen LogP contribution >= 0.6 is 0 Å². The van der Waals surface area contributed by atoms with E-state index in [4.69, 9.17) is 11.6 Å². The van der Waals surface area contributed by atoms with E-state index in [-0.39, 0.29) is 0 Å². The van der Waals surface area contributed by atoms with E-state index in [1.165, 1.54) is 10.2 Å². The lowest BCUT2D eigenvalue weighted by Crippen LogP contribution is -2.14. The van der Waals surface area contributed by atoms with E-state index < -0.39 is 0 Å². The topological polar surface area (TPSA) is 69.9 Å². The normalized spacial score (nSPS) is 11.1. The molecule has 0 atom stereocenters. The van der Waals surface area contributed by atoms with E-state index in [0.29, 0.717) is 11.7 Å². The lowest BCUT2D eigenvalue weighted by molar-refractivity contribution is 0.865. The molecule has 0 spiro atoms. The van der Waals surface area contributed by atoms with Crippen LogP contribution in [0.15, 0.2) is 24.3 Å². The first-order chi connectivity index (χ1) is 8.54. The third-order valence-electron chi connectivity index (χ3n) is 3.19. The molecular weight excluding hydrogens is 224 g/mol. The number of benzene rings is 1. The maximum absolute atomic E-state index is 5.98. The molecule has 18 heavy (non-hydrogen) atoms. The minimum Gasteiger partial charge on any atom is -0.382 e. The summed E-state index contributed by atoms with van der Waals surface area (Å²) in [5, 5.41) is 0. The van der Waals surface area contributed by atoms with Gasteiger partial charge in [-0.25, -0.2) is 9.66 Å². The van der Waals surface area contributed by atoms with Gasteiger partial charge in [-0.3, -0.25) is 0 Å². The summed E-state index contributed by atoms with van der Waals surface area (Å²) in [5.74, 6) is 7.70. The van der Waals surface area contributed by atoms with Crippen molar-refractivity contribution < 1.29 is 0 Å². The minimum absolute atomic E-state index is 0.518. The summed E-state index contributed by atoms with van der Waals surface area (Å²) in [6, 6.07) is 8.32. The van der Waals surface area contributed by atoms with Crippen molar-refractivity contribution in [3.63, 3.8) is 0 Å². The van der Waals surface area contributed by atoms with Gasteiger partial charge in [-0.05, 0) is 11.5 Å². The Labute approximate surface area is 108 Å². The molecule has 2 aromatic rings. The van der Waals surface area contributed by atoms with Crippen LogP contribution in [-0.2, 0) is 6.42 Å². The Morgan fingerprint density at radius 3 is 2.28 bits per heavy atom. The van der Waals surface area contributed by atoms with Crippen LogP contribution in [0.3, 0.4) is 0 Å². The smallest absolute Gasteiger partial charge is 0.150 e. The summed E-state index contributed by atoms with van der Waals surface area (Å²) in [4.78, 5) is 4.49. The second-order valence-electron chi connectivity index (χ2n) is 4.76. The van der Waals surface area contributed by atoms with Gasteiger partial charge in [0.15, 0.2) is 5.82 Å². The Kier molecular flexibility index (Phi) is 3.28. The average molecular weight is 244 g/mol. The fourth-order valence-electron chi connectivity index (χ4n) is 1.98. The molecule has 96 valence electrons.